The van der Waals surface area contributed by atoms with E-state index < -0.39 is 10.0 Å². The van der Waals surface area contributed by atoms with Crippen LogP contribution in [0, 0.1) is 0 Å². The predicted molar refractivity (Wildman–Crippen MR) is 107 cm³/mol. The number of carbonyl (C=O) groups excluding carboxylic acids is 1. The highest BCUT2D eigenvalue weighted by molar-refractivity contribution is 7.89. The van der Waals surface area contributed by atoms with Crippen molar-refractivity contribution in [3.8, 4) is 0 Å². The number of aromatic nitrogens is 1. The van der Waals surface area contributed by atoms with Crippen LogP contribution in [0.3, 0.4) is 0 Å². The summed E-state index contributed by atoms with van der Waals surface area (Å²) >= 11 is 5.78. The lowest BCUT2D eigenvalue weighted by molar-refractivity contribution is 0.0950. The summed E-state index contributed by atoms with van der Waals surface area (Å²) in [4.78, 5) is 16.1. The Balaban J connectivity index is 1.54. The van der Waals surface area contributed by atoms with Gasteiger partial charge in [0, 0.05) is 30.5 Å². The highest BCUT2D eigenvalue weighted by Gasteiger charge is 2.13. The van der Waals surface area contributed by atoms with Gasteiger partial charge in [0.05, 0.1) is 10.5 Å². The number of amides is 1. The second kappa shape index (κ2) is 8.97. The quantitative estimate of drug-likeness (QED) is 0.620. The van der Waals surface area contributed by atoms with Gasteiger partial charge in [-0.2, -0.15) is 0 Å². The van der Waals surface area contributed by atoms with Crippen LogP contribution in [-0.2, 0) is 23.1 Å². The first-order valence-corrected chi connectivity index (χ1v) is 10.3. The van der Waals surface area contributed by atoms with Crippen LogP contribution in [0.15, 0.2) is 78.0 Å². The molecular formula is C20H18ClN3O3S. The first kappa shape index (κ1) is 20.0. The normalized spacial score (nSPS) is 11.2. The fourth-order valence-electron chi connectivity index (χ4n) is 2.43. The Morgan fingerprint density at radius 2 is 1.57 bits per heavy atom. The highest BCUT2D eigenvalue weighted by Crippen LogP contribution is 2.14. The molecule has 1 amide bonds. The first-order chi connectivity index (χ1) is 13.4. The maximum atomic E-state index is 12.3. The lowest BCUT2D eigenvalue weighted by atomic mass is 10.1. The van der Waals surface area contributed by atoms with Gasteiger partial charge in [0.1, 0.15) is 0 Å². The highest BCUT2D eigenvalue weighted by atomic mass is 35.5. The van der Waals surface area contributed by atoms with E-state index in [0.717, 1.165) is 11.1 Å². The van der Waals surface area contributed by atoms with Gasteiger partial charge >= 0.3 is 0 Å². The van der Waals surface area contributed by atoms with E-state index in [9.17, 15) is 13.2 Å². The van der Waals surface area contributed by atoms with Crippen molar-refractivity contribution in [2.24, 2.45) is 0 Å². The number of pyridine rings is 1. The van der Waals surface area contributed by atoms with E-state index in [1.54, 1.807) is 18.3 Å². The van der Waals surface area contributed by atoms with Gasteiger partial charge in [0.15, 0.2) is 0 Å². The Morgan fingerprint density at radius 3 is 2.18 bits per heavy atom. The van der Waals surface area contributed by atoms with Gasteiger partial charge in [0.2, 0.25) is 10.0 Å². The molecule has 0 radical (unpaired) electrons. The zero-order chi connectivity index (χ0) is 20.0. The molecule has 0 aliphatic heterocycles. The van der Waals surface area contributed by atoms with Crippen LogP contribution < -0.4 is 10.0 Å². The molecule has 0 spiro atoms. The van der Waals surface area contributed by atoms with Gasteiger partial charge < -0.3 is 5.32 Å². The van der Waals surface area contributed by atoms with Crippen molar-refractivity contribution in [1.82, 2.24) is 15.0 Å². The summed E-state index contributed by atoms with van der Waals surface area (Å²) in [7, 11) is -3.61. The maximum absolute atomic E-state index is 12.3. The summed E-state index contributed by atoms with van der Waals surface area (Å²) < 4.78 is 27.1. The molecule has 1 heterocycles. The van der Waals surface area contributed by atoms with E-state index in [1.165, 1.54) is 30.5 Å². The Morgan fingerprint density at radius 1 is 0.929 bits per heavy atom. The summed E-state index contributed by atoms with van der Waals surface area (Å²) in [6.45, 7) is 0.526. The molecule has 0 saturated carbocycles. The van der Waals surface area contributed by atoms with Crippen LogP contribution in [0.25, 0.3) is 0 Å². The predicted octanol–water partition coefficient (Wildman–Crippen LogP) is 3.14. The molecule has 2 aromatic carbocycles. The van der Waals surface area contributed by atoms with Crippen LogP contribution in [0.2, 0.25) is 5.02 Å². The van der Waals surface area contributed by atoms with Crippen molar-refractivity contribution < 1.29 is 13.2 Å². The average molecular weight is 416 g/mol. The molecule has 2 N–H and O–H groups in total. The lowest BCUT2D eigenvalue weighted by Crippen LogP contribution is -2.23. The molecule has 28 heavy (non-hydrogen) atoms. The molecular weight excluding hydrogens is 398 g/mol. The monoisotopic (exact) mass is 415 g/mol. The second-order valence-electron chi connectivity index (χ2n) is 6.02. The summed E-state index contributed by atoms with van der Waals surface area (Å²) in [5, 5.41) is 3.29. The van der Waals surface area contributed by atoms with E-state index in [0.29, 0.717) is 17.1 Å². The molecule has 8 heteroatoms. The molecule has 0 atom stereocenters. The average Bonchev–Trinajstić information content (AvgIpc) is 2.72. The first-order valence-electron chi connectivity index (χ1n) is 8.45. The van der Waals surface area contributed by atoms with Gasteiger partial charge in [-0.1, -0.05) is 35.9 Å². The van der Waals surface area contributed by atoms with E-state index in [1.807, 2.05) is 24.3 Å². The van der Waals surface area contributed by atoms with Crippen LogP contribution in [-0.4, -0.2) is 19.3 Å². The zero-order valence-corrected chi connectivity index (χ0v) is 16.4. The van der Waals surface area contributed by atoms with Gasteiger partial charge in [-0.15, -0.1) is 0 Å². The van der Waals surface area contributed by atoms with E-state index >= 15 is 0 Å². The molecule has 0 fully saturated rings. The van der Waals surface area contributed by atoms with Gasteiger partial charge in [-0.05, 0) is 47.5 Å². The molecule has 3 aromatic rings. The fraction of sp³-hybridized carbons (Fsp3) is 0.100. The summed E-state index contributed by atoms with van der Waals surface area (Å²) in [6, 6.07) is 16.7. The van der Waals surface area contributed by atoms with Crippen molar-refractivity contribution in [1.29, 1.82) is 0 Å². The van der Waals surface area contributed by atoms with Gasteiger partial charge in [0.25, 0.3) is 5.91 Å². The lowest BCUT2D eigenvalue weighted by Gasteiger charge is -2.09. The third-order valence-electron chi connectivity index (χ3n) is 3.99. The number of hydrogen-bond acceptors (Lipinski definition) is 4. The van der Waals surface area contributed by atoms with Crippen molar-refractivity contribution in [2.75, 3.05) is 0 Å². The Hall–Kier alpha value is -2.74. The van der Waals surface area contributed by atoms with Gasteiger partial charge in [-0.25, -0.2) is 13.1 Å². The maximum Gasteiger partial charge on any atom is 0.253 e. The van der Waals surface area contributed by atoms with Crippen molar-refractivity contribution in [3.05, 3.63) is 94.8 Å². The van der Waals surface area contributed by atoms with Crippen LogP contribution in [0.4, 0.5) is 0 Å². The van der Waals surface area contributed by atoms with Crippen LogP contribution in [0.5, 0.6) is 0 Å². The van der Waals surface area contributed by atoms with Crippen LogP contribution >= 0.6 is 11.6 Å². The van der Waals surface area contributed by atoms with E-state index in [2.05, 4.69) is 15.0 Å². The largest absolute Gasteiger partial charge is 0.348 e. The topological polar surface area (TPSA) is 88.2 Å². The minimum Gasteiger partial charge on any atom is -0.348 e. The van der Waals surface area contributed by atoms with Crippen molar-refractivity contribution in [2.45, 2.75) is 18.0 Å². The Labute approximate surface area is 168 Å². The smallest absolute Gasteiger partial charge is 0.253 e. The molecule has 1 aromatic heterocycles. The molecule has 3 rings (SSSR count). The Kier molecular flexibility index (Phi) is 6.41. The second-order valence-corrected chi connectivity index (χ2v) is 8.22. The minimum absolute atomic E-state index is 0.159. The standard InChI is InChI=1S/C20H18ClN3O3S/c21-18-7-9-19(10-8-18)28(26,27)24-13-16-5-3-15(4-6-16)12-23-20(25)17-2-1-11-22-14-17/h1-11,14,24H,12-13H2,(H,23,25). The third-order valence-corrected chi connectivity index (χ3v) is 5.66. The fourth-order valence-corrected chi connectivity index (χ4v) is 3.58. The summed E-state index contributed by atoms with van der Waals surface area (Å²) in [5.41, 5.74) is 2.21. The molecule has 0 aliphatic carbocycles. The van der Waals surface area contributed by atoms with Crippen molar-refractivity contribution >= 4 is 27.5 Å². The number of nitrogens with zero attached hydrogens (tertiary/aromatic N) is 1. The van der Waals surface area contributed by atoms with E-state index in [4.69, 9.17) is 11.6 Å². The molecule has 6 nitrogen and oxygen atoms in total. The minimum atomic E-state index is -3.61. The molecule has 0 unspecified atom stereocenters. The third kappa shape index (κ3) is 5.39. The van der Waals surface area contributed by atoms with Gasteiger partial charge in [-0.3, -0.25) is 9.78 Å². The number of hydrogen-bond donors (Lipinski definition) is 2. The number of rotatable bonds is 7. The summed E-state index contributed by atoms with van der Waals surface area (Å²) in [6.07, 6.45) is 3.11. The van der Waals surface area contributed by atoms with Crippen LogP contribution in [0.1, 0.15) is 21.5 Å². The zero-order valence-electron chi connectivity index (χ0n) is 14.8. The molecule has 144 valence electrons. The number of carbonyl (C=O) groups is 1. The number of nitrogens with one attached hydrogen (secondary N) is 2. The molecule has 0 saturated heterocycles. The molecule has 0 aliphatic rings. The van der Waals surface area contributed by atoms with E-state index in [-0.39, 0.29) is 17.3 Å². The summed E-state index contributed by atoms with van der Waals surface area (Å²) in [5.74, 6) is -0.201. The number of halogens is 1. The Bertz CT molecular complexity index is 1040. The molecule has 0 bridgehead atoms. The number of benzene rings is 2. The SMILES string of the molecule is O=C(NCc1ccc(CNS(=O)(=O)c2ccc(Cl)cc2)cc1)c1cccnc1. The van der Waals surface area contributed by atoms with Crippen molar-refractivity contribution in [3.63, 3.8) is 0 Å². The number of sulfonamides is 1.